The van der Waals surface area contributed by atoms with E-state index in [0.717, 1.165) is 37.4 Å². The molecule has 2 heterocycles. The Morgan fingerprint density at radius 2 is 1.83 bits per heavy atom. The predicted octanol–water partition coefficient (Wildman–Crippen LogP) is 3.75. The van der Waals surface area contributed by atoms with Crippen molar-refractivity contribution in [2.24, 2.45) is 5.41 Å². The van der Waals surface area contributed by atoms with Crippen LogP contribution in [-0.2, 0) is 0 Å². The SMILES string of the molecule is CC1(C)CCCN(c2ccc(C(=O)Nc3ccccc3)nn2)CC1. The lowest BCUT2D eigenvalue weighted by Crippen LogP contribution is -2.26. The van der Waals surface area contributed by atoms with Crippen LogP contribution in [0.25, 0.3) is 0 Å². The third-order valence-corrected chi connectivity index (χ3v) is 4.58. The van der Waals surface area contributed by atoms with Crippen molar-refractivity contribution in [3.8, 4) is 0 Å². The van der Waals surface area contributed by atoms with Crippen LogP contribution < -0.4 is 10.2 Å². The van der Waals surface area contributed by atoms with E-state index >= 15 is 0 Å². The molecule has 1 amide bonds. The van der Waals surface area contributed by atoms with Crippen LogP contribution in [0.3, 0.4) is 0 Å². The number of benzene rings is 1. The van der Waals surface area contributed by atoms with Gasteiger partial charge in [-0.05, 0) is 48.9 Å². The number of para-hydroxylation sites is 1. The zero-order valence-corrected chi connectivity index (χ0v) is 14.3. The van der Waals surface area contributed by atoms with Gasteiger partial charge in [0.25, 0.3) is 5.91 Å². The Hall–Kier alpha value is -2.43. The van der Waals surface area contributed by atoms with Crippen molar-refractivity contribution in [1.82, 2.24) is 10.2 Å². The summed E-state index contributed by atoms with van der Waals surface area (Å²) in [6.07, 6.45) is 3.53. The molecule has 1 fully saturated rings. The molecule has 1 aliphatic heterocycles. The highest BCUT2D eigenvalue weighted by molar-refractivity contribution is 6.02. The number of hydrogen-bond acceptors (Lipinski definition) is 4. The molecule has 5 heteroatoms. The molecule has 1 aromatic heterocycles. The Morgan fingerprint density at radius 1 is 1.04 bits per heavy atom. The Kier molecular flexibility index (Phi) is 4.79. The highest BCUT2D eigenvalue weighted by atomic mass is 16.1. The first kappa shape index (κ1) is 16.4. The summed E-state index contributed by atoms with van der Waals surface area (Å²) in [4.78, 5) is 14.5. The van der Waals surface area contributed by atoms with Crippen LogP contribution in [0, 0.1) is 5.41 Å². The minimum atomic E-state index is -0.239. The molecule has 0 atom stereocenters. The Morgan fingerprint density at radius 3 is 2.54 bits per heavy atom. The lowest BCUT2D eigenvalue weighted by molar-refractivity contribution is 0.102. The first-order valence-electron chi connectivity index (χ1n) is 8.49. The monoisotopic (exact) mass is 324 g/mol. The smallest absolute Gasteiger partial charge is 0.276 e. The summed E-state index contributed by atoms with van der Waals surface area (Å²) in [6.45, 7) is 6.61. The van der Waals surface area contributed by atoms with Gasteiger partial charge in [0.1, 0.15) is 0 Å². The molecule has 126 valence electrons. The summed E-state index contributed by atoms with van der Waals surface area (Å²) in [6, 6.07) is 13.0. The summed E-state index contributed by atoms with van der Waals surface area (Å²) in [7, 11) is 0. The Balaban J connectivity index is 1.66. The molecule has 0 saturated carbocycles. The molecular weight excluding hydrogens is 300 g/mol. The van der Waals surface area contributed by atoms with E-state index in [1.807, 2.05) is 36.4 Å². The normalized spacial score (nSPS) is 17.2. The maximum absolute atomic E-state index is 12.2. The average molecular weight is 324 g/mol. The molecule has 5 nitrogen and oxygen atoms in total. The van der Waals surface area contributed by atoms with Crippen LogP contribution in [0.4, 0.5) is 11.5 Å². The Bertz CT molecular complexity index is 682. The second-order valence-corrected chi connectivity index (χ2v) is 7.10. The molecular formula is C19H24N4O. The third kappa shape index (κ3) is 4.10. The van der Waals surface area contributed by atoms with E-state index < -0.39 is 0 Å². The maximum atomic E-state index is 12.2. The summed E-state index contributed by atoms with van der Waals surface area (Å²) in [5.74, 6) is 0.612. The van der Waals surface area contributed by atoms with E-state index in [2.05, 4.69) is 34.3 Å². The highest BCUT2D eigenvalue weighted by Crippen LogP contribution is 2.31. The number of rotatable bonds is 3. The number of nitrogens with zero attached hydrogens (tertiary/aromatic N) is 3. The van der Waals surface area contributed by atoms with E-state index in [-0.39, 0.29) is 5.91 Å². The van der Waals surface area contributed by atoms with Gasteiger partial charge in [-0.15, -0.1) is 10.2 Å². The van der Waals surface area contributed by atoms with Crippen LogP contribution in [-0.4, -0.2) is 29.2 Å². The number of carbonyl (C=O) groups is 1. The highest BCUT2D eigenvalue weighted by Gasteiger charge is 2.23. The second kappa shape index (κ2) is 6.99. The van der Waals surface area contributed by atoms with Gasteiger partial charge in [-0.2, -0.15) is 0 Å². The molecule has 0 radical (unpaired) electrons. The fraction of sp³-hybridized carbons (Fsp3) is 0.421. The Labute approximate surface area is 143 Å². The largest absolute Gasteiger partial charge is 0.355 e. The molecule has 0 spiro atoms. The molecule has 1 aromatic carbocycles. The first-order chi connectivity index (χ1) is 11.5. The van der Waals surface area contributed by atoms with Crippen molar-refractivity contribution in [3.05, 3.63) is 48.2 Å². The predicted molar refractivity (Wildman–Crippen MR) is 96.3 cm³/mol. The van der Waals surface area contributed by atoms with Gasteiger partial charge < -0.3 is 10.2 Å². The standard InChI is InChI=1S/C19H24N4O/c1-19(2)11-6-13-23(14-12-19)17-10-9-16(21-22-17)18(24)20-15-7-4-3-5-8-15/h3-5,7-10H,6,11-14H2,1-2H3,(H,20,24). The van der Waals surface area contributed by atoms with Crippen LogP contribution in [0.2, 0.25) is 0 Å². The zero-order chi connectivity index (χ0) is 17.0. The van der Waals surface area contributed by atoms with E-state index in [0.29, 0.717) is 11.1 Å². The lowest BCUT2D eigenvalue weighted by Gasteiger charge is -2.23. The second-order valence-electron chi connectivity index (χ2n) is 7.10. The van der Waals surface area contributed by atoms with Gasteiger partial charge in [0, 0.05) is 18.8 Å². The number of carbonyl (C=O) groups excluding carboxylic acids is 1. The van der Waals surface area contributed by atoms with Crippen LogP contribution >= 0.6 is 0 Å². The van der Waals surface area contributed by atoms with Crippen LogP contribution in [0.15, 0.2) is 42.5 Å². The van der Waals surface area contributed by atoms with E-state index in [1.54, 1.807) is 6.07 Å². The summed E-state index contributed by atoms with van der Waals surface area (Å²) >= 11 is 0. The van der Waals surface area contributed by atoms with Crippen molar-refractivity contribution < 1.29 is 4.79 Å². The lowest BCUT2D eigenvalue weighted by atomic mass is 9.85. The molecule has 1 saturated heterocycles. The minimum absolute atomic E-state index is 0.239. The van der Waals surface area contributed by atoms with Gasteiger partial charge in [-0.3, -0.25) is 4.79 Å². The molecule has 24 heavy (non-hydrogen) atoms. The molecule has 0 bridgehead atoms. The summed E-state index contributed by atoms with van der Waals surface area (Å²) in [5, 5.41) is 11.2. The van der Waals surface area contributed by atoms with Gasteiger partial charge in [0.05, 0.1) is 0 Å². The minimum Gasteiger partial charge on any atom is -0.355 e. The van der Waals surface area contributed by atoms with Gasteiger partial charge in [-0.25, -0.2) is 0 Å². The van der Waals surface area contributed by atoms with Crippen LogP contribution in [0.5, 0.6) is 0 Å². The van der Waals surface area contributed by atoms with Crippen molar-refractivity contribution in [2.75, 3.05) is 23.3 Å². The zero-order valence-electron chi connectivity index (χ0n) is 14.3. The quantitative estimate of drug-likeness (QED) is 0.934. The molecule has 0 unspecified atom stereocenters. The van der Waals surface area contributed by atoms with Crippen molar-refractivity contribution in [3.63, 3.8) is 0 Å². The van der Waals surface area contributed by atoms with Crippen molar-refractivity contribution >= 4 is 17.4 Å². The maximum Gasteiger partial charge on any atom is 0.276 e. The van der Waals surface area contributed by atoms with E-state index in [1.165, 1.54) is 6.42 Å². The van der Waals surface area contributed by atoms with E-state index in [4.69, 9.17) is 0 Å². The number of anilines is 2. The van der Waals surface area contributed by atoms with Crippen molar-refractivity contribution in [2.45, 2.75) is 33.1 Å². The number of amides is 1. The molecule has 2 aromatic rings. The fourth-order valence-corrected chi connectivity index (χ4v) is 2.98. The first-order valence-corrected chi connectivity index (χ1v) is 8.49. The molecule has 3 rings (SSSR count). The number of hydrogen-bond donors (Lipinski definition) is 1. The molecule has 0 aliphatic carbocycles. The topological polar surface area (TPSA) is 58.1 Å². The van der Waals surface area contributed by atoms with Gasteiger partial charge >= 0.3 is 0 Å². The van der Waals surface area contributed by atoms with Gasteiger partial charge in [0.15, 0.2) is 11.5 Å². The van der Waals surface area contributed by atoms with E-state index in [9.17, 15) is 4.79 Å². The van der Waals surface area contributed by atoms with Gasteiger partial charge in [-0.1, -0.05) is 32.0 Å². The third-order valence-electron chi connectivity index (χ3n) is 4.58. The summed E-state index contributed by atoms with van der Waals surface area (Å²) < 4.78 is 0. The summed E-state index contributed by atoms with van der Waals surface area (Å²) in [5.41, 5.74) is 1.47. The number of nitrogens with one attached hydrogen (secondary N) is 1. The van der Waals surface area contributed by atoms with Crippen LogP contribution in [0.1, 0.15) is 43.6 Å². The fourth-order valence-electron chi connectivity index (χ4n) is 2.98. The molecule has 1 aliphatic rings. The number of aromatic nitrogens is 2. The average Bonchev–Trinajstić information content (AvgIpc) is 2.76. The molecule has 1 N–H and O–H groups in total. The van der Waals surface area contributed by atoms with Crippen molar-refractivity contribution in [1.29, 1.82) is 0 Å². The van der Waals surface area contributed by atoms with Gasteiger partial charge in [0.2, 0.25) is 0 Å².